The molecule has 92 valence electrons. The second-order valence-corrected chi connectivity index (χ2v) is 7.03. The van der Waals surface area contributed by atoms with Gasteiger partial charge in [0.25, 0.3) is 0 Å². The third-order valence-electron chi connectivity index (χ3n) is 3.44. The number of nitrogens with one attached hydrogen (secondary N) is 1. The van der Waals surface area contributed by atoms with Crippen LogP contribution in [0.2, 0.25) is 0 Å². The Morgan fingerprint density at radius 1 is 1.35 bits per heavy atom. The van der Waals surface area contributed by atoms with Crippen LogP contribution >= 0.6 is 0 Å². The second-order valence-electron chi connectivity index (χ2n) is 4.76. The normalized spacial score (nSPS) is 34.3. The van der Waals surface area contributed by atoms with Crippen molar-refractivity contribution in [3.05, 3.63) is 29.8 Å². The van der Waals surface area contributed by atoms with Gasteiger partial charge in [0, 0.05) is 11.6 Å². The number of sulfone groups is 1. The first kappa shape index (κ1) is 11.0. The van der Waals surface area contributed by atoms with Crippen LogP contribution in [-0.4, -0.2) is 32.1 Å². The van der Waals surface area contributed by atoms with E-state index in [4.69, 9.17) is 4.74 Å². The summed E-state index contributed by atoms with van der Waals surface area (Å²) in [5.74, 6) is 0.991. The summed E-state index contributed by atoms with van der Waals surface area (Å²) in [7, 11) is -3.06. The smallest absolute Gasteiger partial charge is 0.159 e. The van der Waals surface area contributed by atoms with E-state index in [1.165, 1.54) is 0 Å². The van der Waals surface area contributed by atoms with Crippen molar-refractivity contribution in [2.75, 3.05) is 12.4 Å². The molecule has 3 atom stereocenters. The van der Waals surface area contributed by atoms with E-state index in [0.29, 0.717) is 0 Å². The summed E-state index contributed by atoms with van der Waals surface area (Å²) in [5.41, 5.74) is 0.957. The number of rotatable bonds is 0. The van der Waals surface area contributed by atoms with Gasteiger partial charge < -0.3 is 10.1 Å². The lowest BCUT2D eigenvalue weighted by Gasteiger charge is -2.39. The van der Waals surface area contributed by atoms with Crippen LogP contribution < -0.4 is 10.1 Å². The van der Waals surface area contributed by atoms with Crippen molar-refractivity contribution in [2.45, 2.75) is 24.3 Å². The summed E-state index contributed by atoms with van der Waals surface area (Å²) in [6, 6.07) is 7.50. The lowest BCUT2D eigenvalue weighted by molar-refractivity contribution is 0.242. The van der Waals surface area contributed by atoms with Crippen LogP contribution in [0.5, 0.6) is 5.75 Å². The number of hydrogen-bond acceptors (Lipinski definition) is 4. The molecule has 0 spiro atoms. The molecule has 2 aliphatic rings. The van der Waals surface area contributed by atoms with Gasteiger partial charge in [-0.25, -0.2) is 8.42 Å². The highest BCUT2D eigenvalue weighted by Crippen LogP contribution is 2.37. The zero-order chi connectivity index (χ0) is 12.0. The van der Waals surface area contributed by atoms with Crippen molar-refractivity contribution >= 4 is 9.84 Å². The molecule has 0 bridgehead atoms. The van der Waals surface area contributed by atoms with E-state index in [9.17, 15) is 8.42 Å². The molecule has 1 N–H and O–H groups in total. The number of benzene rings is 1. The molecule has 3 unspecified atom stereocenters. The molecule has 17 heavy (non-hydrogen) atoms. The van der Waals surface area contributed by atoms with Gasteiger partial charge in [0.1, 0.15) is 17.6 Å². The molecule has 3 rings (SSSR count). The quantitative estimate of drug-likeness (QED) is 0.746. The Bertz CT molecular complexity index is 540. The molecule has 1 saturated heterocycles. The summed E-state index contributed by atoms with van der Waals surface area (Å²) in [6.45, 7) is 2.16. The van der Waals surface area contributed by atoms with Crippen molar-refractivity contribution in [3.63, 3.8) is 0 Å². The molecule has 2 aliphatic heterocycles. The van der Waals surface area contributed by atoms with E-state index in [-0.39, 0.29) is 24.4 Å². The van der Waals surface area contributed by atoms with Crippen LogP contribution in [0.4, 0.5) is 0 Å². The highest BCUT2D eigenvalue weighted by molar-refractivity contribution is 7.92. The minimum Gasteiger partial charge on any atom is -0.492 e. The van der Waals surface area contributed by atoms with E-state index in [1.807, 2.05) is 31.2 Å². The largest absolute Gasteiger partial charge is 0.492 e. The standard InChI is InChI=1S/C12H15NO3S/c1-8-7-17(14,15)11-6-16-10-5-3-2-4-9(10)12(11)13-8/h2-5,8,11-13H,6-7H2,1H3. The molecule has 1 aromatic carbocycles. The molecule has 0 aromatic heterocycles. The first-order valence-electron chi connectivity index (χ1n) is 5.77. The zero-order valence-corrected chi connectivity index (χ0v) is 10.4. The van der Waals surface area contributed by atoms with Crippen molar-refractivity contribution < 1.29 is 13.2 Å². The Kier molecular flexibility index (Phi) is 2.41. The van der Waals surface area contributed by atoms with E-state index in [0.717, 1.165) is 11.3 Å². The van der Waals surface area contributed by atoms with E-state index in [1.54, 1.807) is 0 Å². The van der Waals surface area contributed by atoms with Crippen molar-refractivity contribution in [3.8, 4) is 5.75 Å². The van der Waals surface area contributed by atoms with Crippen LogP contribution in [0.1, 0.15) is 18.5 Å². The zero-order valence-electron chi connectivity index (χ0n) is 9.59. The maximum atomic E-state index is 12.1. The van der Waals surface area contributed by atoms with Crippen LogP contribution in [0.3, 0.4) is 0 Å². The lowest BCUT2D eigenvalue weighted by atomic mass is 9.99. The van der Waals surface area contributed by atoms with Crippen molar-refractivity contribution in [1.82, 2.24) is 5.32 Å². The summed E-state index contributed by atoms with van der Waals surface area (Å²) in [6.07, 6.45) is 0. The topological polar surface area (TPSA) is 55.4 Å². The highest BCUT2D eigenvalue weighted by atomic mass is 32.2. The number of para-hydroxylation sites is 1. The van der Waals surface area contributed by atoms with Gasteiger partial charge in [-0.05, 0) is 13.0 Å². The van der Waals surface area contributed by atoms with E-state index < -0.39 is 15.1 Å². The fourth-order valence-corrected chi connectivity index (χ4v) is 4.63. The predicted octanol–water partition coefficient (Wildman–Crippen LogP) is 0.895. The molecule has 0 aliphatic carbocycles. The van der Waals surface area contributed by atoms with Gasteiger partial charge in [-0.3, -0.25) is 0 Å². The minimum atomic E-state index is -3.06. The first-order chi connectivity index (χ1) is 8.08. The summed E-state index contributed by atoms with van der Waals surface area (Å²) < 4.78 is 29.8. The van der Waals surface area contributed by atoms with Crippen LogP contribution in [0, 0.1) is 0 Å². The van der Waals surface area contributed by atoms with Gasteiger partial charge >= 0.3 is 0 Å². The second kappa shape index (κ2) is 3.71. The molecule has 1 fully saturated rings. The average molecular weight is 253 g/mol. The molecule has 1 aromatic rings. The molecule has 5 heteroatoms. The first-order valence-corrected chi connectivity index (χ1v) is 7.49. The maximum Gasteiger partial charge on any atom is 0.159 e. The summed E-state index contributed by atoms with van der Waals surface area (Å²) in [5, 5.41) is 2.92. The fourth-order valence-electron chi connectivity index (χ4n) is 2.67. The number of hydrogen-bond donors (Lipinski definition) is 1. The third-order valence-corrected chi connectivity index (χ3v) is 5.73. The predicted molar refractivity (Wildman–Crippen MR) is 64.9 cm³/mol. The van der Waals surface area contributed by atoms with Crippen LogP contribution in [0.15, 0.2) is 24.3 Å². The van der Waals surface area contributed by atoms with Gasteiger partial charge in [0.05, 0.1) is 11.8 Å². The molecular formula is C12H15NO3S. The fraction of sp³-hybridized carbons (Fsp3) is 0.500. The number of fused-ring (bicyclic) bond motifs is 3. The Hall–Kier alpha value is -1.07. The SMILES string of the molecule is CC1CS(=O)(=O)C2COc3ccccc3C2N1. The van der Waals surface area contributed by atoms with Crippen molar-refractivity contribution in [1.29, 1.82) is 0 Å². The highest BCUT2D eigenvalue weighted by Gasteiger charge is 2.44. The molecule has 0 saturated carbocycles. The Balaban J connectivity index is 2.08. The van der Waals surface area contributed by atoms with Gasteiger partial charge in [0.2, 0.25) is 0 Å². The van der Waals surface area contributed by atoms with Crippen molar-refractivity contribution in [2.24, 2.45) is 0 Å². The number of ether oxygens (including phenoxy) is 1. The molecule has 0 radical (unpaired) electrons. The Morgan fingerprint density at radius 2 is 2.12 bits per heavy atom. The summed E-state index contributed by atoms with van der Waals surface area (Å²) in [4.78, 5) is 0. The van der Waals surface area contributed by atoms with Gasteiger partial charge in [-0.1, -0.05) is 18.2 Å². The van der Waals surface area contributed by atoms with Gasteiger partial charge in [-0.15, -0.1) is 0 Å². The molecule has 0 amide bonds. The van der Waals surface area contributed by atoms with Gasteiger partial charge in [0.15, 0.2) is 9.84 Å². The Morgan fingerprint density at radius 3 is 2.94 bits per heavy atom. The van der Waals surface area contributed by atoms with E-state index >= 15 is 0 Å². The molecule has 2 heterocycles. The maximum absolute atomic E-state index is 12.1. The van der Waals surface area contributed by atoms with Crippen LogP contribution in [0.25, 0.3) is 0 Å². The summed E-state index contributed by atoms with van der Waals surface area (Å²) >= 11 is 0. The van der Waals surface area contributed by atoms with E-state index in [2.05, 4.69) is 5.32 Å². The molecule has 4 nitrogen and oxygen atoms in total. The van der Waals surface area contributed by atoms with Crippen LogP contribution in [-0.2, 0) is 9.84 Å². The monoisotopic (exact) mass is 253 g/mol. The average Bonchev–Trinajstić information content (AvgIpc) is 2.27. The minimum absolute atomic E-state index is 0.00703. The lowest BCUT2D eigenvalue weighted by Crippen LogP contribution is -2.54. The third kappa shape index (κ3) is 1.73. The molecular weight excluding hydrogens is 238 g/mol. The Labute approximate surface area is 101 Å². The van der Waals surface area contributed by atoms with Gasteiger partial charge in [-0.2, -0.15) is 0 Å².